The van der Waals surface area contributed by atoms with Gasteiger partial charge in [0.1, 0.15) is 5.75 Å². The maximum absolute atomic E-state index is 12.3. The van der Waals surface area contributed by atoms with Gasteiger partial charge in [-0.15, -0.1) is 0 Å². The molecule has 0 heterocycles. The molecule has 0 radical (unpaired) electrons. The van der Waals surface area contributed by atoms with Gasteiger partial charge in [-0.25, -0.2) is 4.79 Å². The Morgan fingerprint density at radius 1 is 1.26 bits per heavy atom. The van der Waals surface area contributed by atoms with E-state index in [1.807, 2.05) is 35.2 Å². The zero-order chi connectivity index (χ0) is 13.7. The van der Waals surface area contributed by atoms with Crippen LogP contribution in [0, 0.1) is 5.92 Å². The van der Waals surface area contributed by atoms with Crippen LogP contribution in [0.5, 0.6) is 5.75 Å². The number of rotatable bonds is 4. The first kappa shape index (κ1) is 13.9. The molecule has 19 heavy (non-hydrogen) atoms. The SMILES string of the molecule is CC(C)CN(C(=O)Oc1ccccc1)C1CCCC1. The fraction of sp³-hybridized carbons (Fsp3) is 0.562. The van der Waals surface area contributed by atoms with E-state index in [9.17, 15) is 4.79 Å². The molecule has 3 heteroatoms. The second-order valence-corrected chi connectivity index (χ2v) is 5.67. The van der Waals surface area contributed by atoms with Crippen LogP contribution in [0.3, 0.4) is 0 Å². The van der Waals surface area contributed by atoms with Gasteiger partial charge in [-0.1, -0.05) is 44.9 Å². The quantitative estimate of drug-likeness (QED) is 0.817. The molecule has 1 aliphatic rings. The third kappa shape index (κ3) is 3.98. The molecule has 0 spiro atoms. The Labute approximate surface area is 115 Å². The van der Waals surface area contributed by atoms with Crippen molar-refractivity contribution in [3.8, 4) is 5.75 Å². The molecule has 104 valence electrons. The highest BCUT2D eigenvalue weighted by atomic mass is 16.6. The van der Waals surface area contributed by atoms with Crippen molar-refractivity contribution >= 4 is 6.09 Å². The summed E-state index contributed by atoms with van der Waals surface area (Å²) in [6, 6.07) is 9.68. The van der Waals surface area contributed by atoms with E-state index in [-0.39, 0.29) is 6.09 Å². The first-order valence-corrected chi connectivity index (χ1v) is 7.20. The predicted molar refractivity (Wildman–Crippen MR) is 76.3 cm³/mol. The number of amides is 1. The summed E-state index contributed by atoms with van der Waals surface area (Å²) in [5, 5.41) is 0. The summed E-state index contributed by atoms with van der Waals surface area (Å²) in [4.78, 5) is 14.3. The first-order valence-electron chi connectivity index (χ1n) is 7.20. The molecule has 0 saturated heterocycles. The highest BCUT2D eigenvalue weighted by Gasteiger charge is 2.28. The van der Waals surface area contributed by atoms with Crippen LogP contribution in [0.2, 0.25) is 0 Å². The van der Waals surface area contributed by atoms with Gasteiger partial charge in [0.05, 0.1) is 0 Å². The third-order valence-corrected chi connectivity index (χ3v) is 3.51. The topological polar surface area (TPSA) is 29.5 Å². The molecular weight excluding hydrogens is 238 g/mol. The smallest absolute Gasteiger partial charge is 0.410 e. The van der Waals surface area contributed by atoms with Crippen LogP contribution in [0.1, 0.15) is 39.5 Å². The second-order valence-electron chi connectivity index (χ2n) is 5.67. The van der Waals surface area contributed by atoms with Crippen molar-refractivity contribution < 1.29 is 9.53 Å². The molecule has 1 aliphatic carbocycles. The van der Waals surface area contributed by atoms with Crippen LogP contribution in [-0.4, -0.2) is 23.6 Å². The normalized spacial score (nSPS) is 15.7. The number of carbonyl (C=O) groups is 1. The largest absolute Gasteiger partial charge is 0.415 e. The Hall–Kier alpha value is -1.51. The Kier molecular flexibility index (Phi) is 4.83. The number of hydrogen-bond acceptors (Lipinski definition) is 2. The highest BCUT2D eigenvalue weighted by molar-refractivity contribution is 5.71. The minimum Gasteiger partial charge on any atom is -0.410 e. The zero-order valence-corrected chi connectivity index (χ0v) is 11.8. The summed E-state index contributed by atoms with van der Waals surface area (Å²) >= 11 is 0. The van der Waals surface area contributed by atoms with Crippen LogP contribution in [-0.2, 0) is 0 Å². The third-order valence-electron chi connectivity index (χ3n) is 3.51. The predicted octanol–water partition coefficient (Wildman–Crippen LogP) is 4.09. The Morgan fingerprint density at radius 3 is 2.47 bits per heavy atom. The van der Waals surface area contributed by atoms with Crippen molar-refractivity contribution in [3.05, 3.63) is 30.3 Å². The van der Waals surface area contributed by atoms with E-state index in [1.165, 1.54) is 12.8 Å². The van der Waals surface area contributed by atoms with Gasteiger partial charge in [-0.2, -0.15) is 0 Å². The number of para-hydroxylation sites is 1. The van der Waals surface area contributed by atoms with E-state index in [2.05, 4.69) is 13.8 Å². The van der Waals surface area contributed by atoms with Gasteiger partial charge in [-0.05, 0) is 30.9 Å². The number of hydrogen-bond donors (Lipinski definition) is 0. The molecule has 1 saturated carbocycles. The zero-order valence-electron chi connectivity index (χ0n) is 11.8. The number of benzene rings is 1. The Balaban J connectivity index is 2.02. The van der Waals surface area contributed by atoms with E-state index >= 15 is 0 Å². The van der Waals surface area contributed by atoms with Crippen molar-refractivity contribution in [2.24, 2.45) is 5.92 Å². The van der Waals surface area contributed by atoms with Crippen molar-refractivity contribution in [2.45, 2.75) is 45.6 Å². The van der Waals surface area contributed by atoms with Crippen molar-refractivity contribution in [2.75, 3.05) is 6.54 Å². The fourth-order valence-corrected chi connectivity index (χ4v) is 2.63. The minimum absolute atomic E-state index is 0.202. The fourth-order valence-electron chi connectivity index (χ4n) is 2.63. The van der Waals surface area contributed by atoms with E-state index in [1.54, 1.807) is 0 Å². The van der Waals surface area contributed by atoms with E-state index < -0.39 is 0 Å². The van der Waals surface area contributed by atoms with Crippen molar-refractivity contribution in [1.29, 1.82) is 0 Å². The van der Waals surface area contributed by atoms with Gasteiger partial charge >= 0.3 is 6.09 Å². The van der Waals surface area contributed by atoms with Crippen molar-refractivity contribution in [3.63, 3.8) is 0 Å². The Morgan fingerprint density at radius 2 is 1.89 bits per heavy atom. The van der Waals surface area contributed by atoms with E-state index in [0.717, 1.165) is 19.4 Å². The lowest BCUT2D eigenvalue weighted by Gasteiger charge is -2.29. The maximum atomic E-state index is 12.3. The summed E-state index contributed by atoms with van der Waals surface area (Å²) in [5.41, 5.74) is 0. The average Bonchev–Trinajstić information content (AvgIpc) is 2.90. The standard InChI is InChI=1S/C16H23NO2/c1-13(2)12-17(14-8-6-7-9-14)16(18)19-15-10-4-3-5-11-15/h3-5,10-11,13-14H,6-9,12H2,1-2H3. The van der Waals surface area contributed by atoms with Crippen molar-refractivity contribution in [1.82, 2.24) is 4.90 Å². The van der Waals surface area contributed by atoms with Crippen LogP contribution >= 0.6 is 0 Å². The molecule has 0 aromatic heterocycles. The molecule has 0 bridgehead atoms. The van der Waals surface area contributed by atoms with Gasteiger partial charge in [0.25, 0.3) is 0 Å². The van der Waals surface area contributed by atoms with Crippen LogP contribution in [0.15, 0.2) is 30.3 Å². The summed E-state index contributed by atoms with van der Waals surface area (Å²) in [6.07, 6.45) is 4.45. The molecular formula is C16H23NO2. The van der Waals surface area contributed by atoms with Crippen LogP contribution < -0.4 is 4.74 Å². The molecule has 3 nitrogen and oxygen atoms in total. The monoisotopic (exact) mass is 261 g/mol. The molecule has 1 aromatic carbocycles. The average molecular weight is 261 g/mol. The Bertz CT molecular complexity index is 396. The van der Waals surface area contributed by atoms with Crippen LogP contribution in [0.25, 0.3) is 0 Å². The van der Waals surface area contributed by atoms with Gasteiger partial charge in [0.15, 0.2) is 0 Å². The number of nitrogens with zero attached hydrogens (tertiary/aromatic N) is 1. The molecule has 0 atom stereocenters. The molecule has 0 N–H and O–H groups in total. The first-order chi connectivity index (χ1) is 9.16. The van der Waals surface area contributed by atoms with Gasteiger partial charge in [0.2, 0.25) is 0 Å². The second kappa shape index (κ2) is 6.60. The lowest BCUT2D eigenvalue weighted by atomic mass is 10.1. The van der Waals surface area contributed by atoms with Gasteiger partial charge < -0.3 is 9.64 Å². The summed E-state index contributed by atoms with van der Waals surface area (Å²) in [7, 11) is 0. The van der Waals surface area contributed by atoms with E-state index in [0.29, 0.717) is 17.7 Å². The summed E-state index contributed by atoms with van der Waals surface area (Å²) < 4.78 is 5.48. The summed E-state index contributed by atoms with van der Waals surface area (Å²) in [5.74, 6) is 1.09. The lowest BCUT2D eigenvalue weighted by molar-refractivity contribution is 0.124. The van der Waals surface area contributed by atoms with Gasteiger partial charge in [0, 0.05) is 12.6 Å². The number of carbonyl (C=O) groups excluding carboxylic acids is 1. The molecule has 2 rings (SSSR count). The minimum atomic E-state index is -0.202. The molecule has 0 aliphatic heterocycles. The van der Waals surface area contributed by atoms with E-state index in [4.69, 9.17) is 4.74 Å². The molecule has 1 amide bonds. The molecule has 1 fully saturated rings. The molecule has 1 aromatic rings. The maximum Gasteiger partial charge on any atom is 0.415 e. The lowest BCUT2D eigenvalue weighted by Crippen LogP contribution is -2.42. The van der Waals surface area contributed by atoms with Gasteiger partial charge in [-0.3, -0.25) is 0 Å². The van der Waals surface area contributed by atoms with Crippen LogP contribution in [0.4, 0.5) is 4.79 Å². The highest BCUT2D eigenvalue weighted by Crippen LogP contribution is 2.25. The summed E-state index contributed by atoms with van der Waals surface area (Å²) in [6.45, 7) is 5.05. The number of ether oxygens (including phenoxy) is 1. The molecule has 0 unspecified atom stereocenters.